The zero-order valence-corrected chi connectivity index (χ0v) is 13.9. The molecule has 1 fully saturated rings. The van der Waals surface area contributed by atoms with Gasteiger partial charge in [0, 0.05) is 38.6 Å². The van der Waals surface area contributed by atoms with Crippen molar-refractivity contribution in [3.05, 3.63) is 35.9 Å². The van der Waals surface area contributed by atoms with Crippen LogP contribution in [0.3, 0.4) is 0 Å². The predicted molar refractivity (Wildman–Crippen MR) is 90.9 cm³/mol. The lowest BCUT2D eigenvalue weighted by atomic mass is 9.93. The third kappa shape index (κ3) is 3.26. The van der Waals surface area contributed by atoms with E-state index in [0.29, 0.717) is 12.7 Å². The zero-order valence-electron chi connectivity index (χ0n) is 13.9. The van der Waals surface area contributed by atoms with Crippen molar-refractivity contribution in [3.8, 4) is 11.5 Å². The van der Waals surface area contributed by atoms with Gasteiger partial charge in [-0.05, 0) is 37.0 Å². The van der Waals surface area contributed by atoms with E-state index in [2.05, 4.69) is 34.1 Å². The number of benzene rings is 1. The molecule has 1 atom stereocenters. The Labute approximate surface area is 142 Å². The molecule has 1 aromatic carbocycles. The molecule has 1 aliphatic carbocycles. The third-order valence-corrected chi connectivity index (χ3v) is 5.15. The number of carbonyl (C=O) groups is 1. The molecule has 1 aromatic rings. The first-order valence-corrected chi connectivity index (χ1v) is 8.84. The normalized spacial score (nSPS) is 23.5. The van der Waals surface area contributed by atoms with Crippen LogP contribution in [0.25, 0.3) is 0 Å². The van der Waals surface area contributed by atoms with Crippen LogP contribution in [0.2, 0.25) is 0 Å². The van der Waals surface area contributed by atoms with Gasteiger partial charge in [0.05, 0.1) is 0 Å². The fourth-order valence-corrected chi connectivity index (χ4v) is 3.70. The van der Waals surface area contributed by atoms with Gasteiger partial charge in [-0.3, -0.25) is 9.69 Å². The van der Waals surface area contributed by atoms with Gasteiger partial charge < -0.3 is 14.4 Å². The van der Waals surface area contributed by atoms with Crippen LogP contribution in [-0.4, -0.2) is 48.7 Å². The maximum atomic E-state index is 12.6. The molecule has 0 bridgehead atoms. The Kier molecular flexibility index (Phi) is 4.43. The largest absolute Gasteiger partial charge is 0.454 e. The lowest BCUT2D eigenvalue weighted by molar-refractivity contribution is -0.137. The molecule has 0 saturated carbocycles. The number of fused-ring (bicyclic) bond motifs is 1. The summed E-state index contributed by atoms with van der Waals surface area (Å²) < 4.78 is 10.8. The van der Waals surface area contributed by atoms with Crippen molar-refractivity contribution < 1.29 is 14.3 Å². The van der Waals surface area contributed by atoms with Gasteiger partial charge in [0.2, 0.25) is 12.7 Å². The maximum absolute atomic E-state index is 12.6. The van der Waals surface area contributed by atoms with Crippen LogP contribution in [0.1, 0.15) is 24.8 Å². The van der Waals surface area contributed by atoms with Gasteiger partial charge in [0.1, 0.15) is 0 Å². The van der Waals surface area contributed by atoms with Gasteiger partial charge in [-0.15, -0.1) is 0 Å². The van der Waals surface area contributed by atoms with Gasteiger partial charge >= 0.3 is 0 Å². The minimum absolute atomic E-state index is 0.204. The minimum atomic E-state index is 0.204. The molecule has 2 aliphatic heterocycles. The number of piperazine rings is 1. The van der Waals surface area contributed by atoms with Crippen molar-refractivity contribution in [1.29, 1.82) is 0 Å². The predicted octanol–water partition coefficient (Wildman–Crippen LogP) is 2.42. The lowest BCUT2D eigenvalue weighted by Crippen LogP contribution is -2.50. The number of nitrogens with zero attached hydrogens (tertiary/aromatic N) is 2. The van der Waals surface area contributed by atoms with E-state index in [9.17, 15) is 4.79 Å². The third-order valence-electron chi connectivity index (χ3n) is 5.15. The van der Waals surface area contributed by atoms with E-state index in [-0.39, 0.29) is 5.92 Å². The zero-order chi connectivity index (χ0) is 16.4. The Morgan fingerprint density at radius 2 is 1.92 bits per heavy atom. The second-order valence-electron chi connectivity index (χ2n) is 6.77. The summed E-state index contributed by atoms with van der Waals surface area (Å²) >= 11 is 0. The molecule has 4 rings (SSSR count). The van der Waals surface area contributed by atoms with Crippen LogP contribution in [0.5, 0.6) is 11.5 Å². The average molecular weight is 328 g/mol. The molecular formula is C19H24N2O3. The Hall–Kier alpha value is -2.01. The van der Waals surface area contributed by atoms with Crippen LogP contribution in [0, 0.1) is 5.92 Å². The monoisotopic (exact) mass is 328 g/mol. The summed E-state index contributed by atoms with van der Waals surface area (Å²) in [7, 11) is 0. The molecule has 2 heterocycles. The fraction of sp³-hybridized carbons (Fsp3) is 0.526. The number of hydrogen-bond donors (Lipinski definition) is 0. The van der Waals surface area contributed by atoms with E-state index >= 15 is 0 Å². The summed E-state index contributed by atoms with van der Waals surface area (Å²) in [6.07, 6.45) is 7.30. The van der Waals surface area contributed by atoms with Crippen molar-refractivity contribution in [1.82, 2.24) is 9.80 Å². The molecule has 0 spiro atoms. The van der Waals surface area contributed by atoms with Gasteiger partial charge in [-0.2, -0.15) is 0 Å². The van der Waals surface area contributed by atoms with Crippen molar-refractivity contribution in [3.63, 3.8) is 0 Å². The van der Waals surface area contributed by atoms with Gasteiger partial charge in [0.15, 0.2) is 11.5 Å². The van der Waals surface area contributed by atoms with E-state index in [4.69, 9.17) is 9.47 Å². The Bertz CT molecular complexity index is 635. The standard InChI is InChI=1S/C19H24N2O3/c22-19(16-4-2-1-3-5-16)21-10-8-20(9-11-21)13-15-6-7-17-18(12-15)24-14-23-17/h1-2,6-7,12,16H,3-5,8-11,13-14H2/t16-/m0/s1. The summed E-state index contributed by atoms with van der Waals surface area (Å²) in [5, 5.41) is 0. The average Bonchev–Trinajstić information content (AvgIpc) is 3.10. The van der Waals surface area contributed by atoms with Crippen LogP contribution >= 0.6 is 0 Å². The Morgan fingerprint density at radius 1 is 1.08 bits per heavy atom. The number of ether oxygens (including phenoxy) is 2. The SMILES string of the molecule is O=C([C@H]1CC=CCC1)N1CCN(Cc2ccc3c(c2)OCO3)CC1. The number of carbonyl (C=O) groups excluding carboxylic acids is 1. The van der Waals surface area contributed by atoms with Crippen molar-refractivity contribution in [2.24, 2.45) is 5.92 Å². The number of amides is 1. The molecular weight excluding hydrogens is 304 g/mol. The van der Waals surface area contributed by atoms with Crippen molar-refractivity contribution in [2.45, 2.75) is 25.8 Å². The summed E-state index contributed by atoms with van der Waals surface area (Å²) in [6, 6.07) is 6.14. The molecule has 0 N–H and O–H groups in total. The molecule has 1 amide bonds. The lowest BCUT2D eigenvalue weighted by Gasteiger charge is -2.36. The Balaban J connectivity index is 1.30. The van der Waals surface area contributed by atoms with Crippen LogP contribution in [-0.2, 0) is 11.3 Å². The molecule has 0 radical (unpaired) electrons. The van der Waals surface area contributed by atoms with E-state index in [0.717, 1.165) is 63.5 Å². The van der Waals surface area contributed by atoms with E-state index in [1.54, 1.807) is 0 Å². The summed E-state index contributed by atoms with van der Waals surface area (Å²) in [4.78, 5) is 17.0. The number of allylic oxidation sites excluding steroid dienone is 2. The molecule has 0 unspecified atom stereocenters. The Morgan fingerprint density at radius 3 is 2.71 bits per heavy atom. The quantitative estimate of drug-likeness (QED) is 0.799. The molecule has 5 nitrogen and oxygen atoms in total. The molecule has 128 valence electrons. The highest BCUT2D eigenvalue weighted by Crippen LogP contribution is 2.33. The number of hydrogen-bond acceptors (Lipinski definition) is 4. The van der Waals surface area contributed by atoms with Crippen LogP contribution in [0.15, 0.2) is 30.4 Å². The van der Waals surface area contributed by atoms with Crippen molar-refractivity contribution >= 4 is 5.91 Å². The van der Waals surface area contributed by atoms with E-state index < -0.39 is 0 Å². The number of rotatable bonds is 3. The van der Waals surface area contributed by atoms with E-state index in [1.165, 1.54) is 5.56 Å². The van der Waals surface area contributed by atoms with Crippen molar-refractivity contribution in [2.75, 3.05) is 33.0 Å². The van der Waals surface area contributed by atoms with Gasteiger partial charge in [0.25, 0.3) is 0 Å². The second kappa shape index (κ2) is 6.85. The topological polar surface area (TPSA) is 42.0 Å². The minimum Gasteiger partial charge on any atom is -0.454 e. The maximum Gasteiger partial charge on any atom is 0.231 e. The first kappa shape index (κ1) is 15.5. The van der Waals surface area contributed by atoms with E-state index in [1.807, 2.05) is 6.07 Å². The van der Waals surface area contributed by atoms with Gasteiger partial charge in [-0.25, -0.2) is 0 Å². The molecule has 0 aromatic heterocycles. The molecule has 5 heteroatoms. The van der Waals surface area contributed by atoms with Gasteiger partial charge in [-0.1, -0.05) is 18.2 Å². The fourth-order valence-electron chi connectivity index (χ4n) is 3.70. The second-order valence-corrected chi connectivity index (χ2v) is 6.77. The first-order chi connectivity index (χ1) is 11.8. The van der Waals surface area contributed by atoms with Crippen LogP contribution < -0.4 is 9.47 Å². The smallest absolute Gasteiger partial charge is 0.231 e. The molecule has 3 aliphatic rings. The summed E-state index contributed by atoms with van der Waals surface area (Å²) in [5.74, 6) is 2.22. The highest BCUT2D eigenvalue weighted by Gasteiger charge is 2.27. The van der Waals surface area contributed by atoms with Crippen LogP contribution in [0.4, 0.5) is 0 Å². The molecule has 24 heavy (non-hydrogen) atoms. The summed E-state index contributed by atoms with van der Waals surface area (Å²) in [6.45, 7) is 4.75. The highest BCUT2D eigenvalue weighted by molar-refractivity contribution is 5.79. The molecule has 1 saturated heterocycles. The highest BCUT2D eigenvalue weighted by atomic mass is 16.7. The first-order valence-electron chi connectivity index (χ1n) is 8.84. The summed E-state index contributed by atoms with van der Waals surface area (Å²) in [5.41, 5.74) is 1.23.